The summed E-state index contributed by atoms with van der Waals surface area (Å²) in [5, 5.41) is 0. The van der Waals surface area contributed by atoms with E-state index in [1.54, 1.807) is 0 Å². The van der Waals surface area contributed by atoms with Crippen LogP contribution in [0.25, 0.3) is 0 Å². The number of nitrogens with zero attached hydrogens (tertiary/aromatic N) is 2. The molecule has 2 N–H and O–H groups in total. The van der Waals surface area contributed by atoms with Gasteiger partial charge in [-0.05, 0) is 18.4 Å². The number of carbonyl (C=O) groups is 1. The SMILES string of the molecule is COC(=O)c1cnc(N)nc1C1(c2ccccc2)CCCC1. The minimum Gasteiger partial charge on any atom is -0.465 e. The summed E-state index contributed by atoms with van der Waals surface area (Å²) in [4.78, 5) is 20.5. The fourth-order valence-electron chi connectivity index (χ4n) is 3.42. The van der Waals surface area contributed by atoms with E-state index in [0.29, 0.717) is 11.3 Å². The molecule has 1 aliphatic carbocycles. The number of anilines is 1. The highest BCUT2D eigenvalue weighted by atomic mass is 16.5. The molecule has 5 heteroatoms. The molecule has 22 heavy (non-hydrogen) atoms. The molecule has 0 amide bonds. The molecule has 2 aromatic rings. The summed E-state index contributed by atoms with van der Waals surface area (Å²) in [7, 11) is 1.37. The van der Waals surface area contributed by atoms with Gasteiger partial charge in [-0.3, -0.25) is 0 Å². The van der Waals surface area contributed by atoms with Gasteiger partial charge >= 0.3 is 5.97 Å². The Kier molecular flexibility index (Phi) is 3.79. The molecule has 0 aliphatic heterocycles. The largest absolute Gasteiger partial charge is 0.465 e. The fourth-order valence-corrected chi connectivity index (χ4v) is 3.42. The van der Waals surface area contributed by atoms with Crippen molar-refractivity contribution in [3.8, 4) is 0 Å². The Morgan fingerprint density at radius 1 is 1.23 bits per heavy atom. The van der Waals surface area contributed by atoms with Gasteiger partial charge in [0.15, 0.2) is 0 Å². The van der Waals surface area contributed by atoms with Crippen LogP contribution in [-0.4, -0.2) is 23.0 Å². The molecule has 0 radical (unpaired) electrons. The van der Waals surface area contributed by atoms with Crippen molar-refractivity contribution in [2.24, 2.45) is 0 Å². The van der Waals surface area contributed by atoms with Gasteiger partial charge in [0.05, 0.1) is 12.8 Å². The van der Waals surface area contributed by atoms with Gasteiger partial charge in [-0.25, -0.2) is 14.8 Å². The maximum Gasteiger partial charge on any atom is 0.341 e. The van der Waals surface area contributed by atoms with Crippen LogP contribution < -0.4 is 5.73 Å². The molecule has 1 aliphatic rings. The standard InChI is InChI=1S/C17H19N3O2/c1-22-15(21)13-11-19-16(18)20-14(13)17(9-5-6-10-17)12-7-3-2-4-8-12/h2-4,7-8,11H,5-6,9-10H2,1H3,(H2,18,19,20). The first kappa shape index (κ1) is 14.5. The van der Waals surface area contributed by atoms with Crippen LogP contribution in [0.3, 0.4) is 0 Å². The lowest BCUT2D eigenvalue weighted by Gasteiger charge is -2.30. The van der Waals surface area contributed by atoms with Crippen LogP contribution in [0, 0.1) is 0 Å². The first-order valence-electron chi connectivity index (χ1n) is 7.44. The van der Waals surface area contributed by atoms with Gasteiger partial charge in [-0.2, -0.15) is 0 Å². The van der Waals surface area contributed by atoms with Gasteiger partial charge in [0.1, 0.15) is 5.56 Å². The Morgan fingerprint density at radius 2 is 1.91 bits per heavy atom. The Labute approximate surface area is 129 Å². The van der Waals surface area contributed by atoms with Crippen LogP contribution in [0.1, 0.15) is 47.3 Å². The molecular weight excluding hydrogens is 278 g/mol. The van der Waals surface area contributed by atoms with Crippen molar-refractivity contribution >= 4 is 11.9 Å². The third kappa shape index (κ3) is 2.32. The molecule has 1 aromatic carbocycles. The van der Waals surface area contributed by atoms with Crippen molar-refractivity contribution in [1.82, 2.24) is 9.97 Å². The predicted octanol–water partition coefficient (Wildman–Crippen LogP) is 2.71. The number of methoxy groups -OCH3 is 1. The van der Waals surface area contributed by atoms with E-state index in [0.717, 1.165) is 31.2 Å². The second-order valence-electron chi connectivity index (χ2n) is 5.64. The van der Waals surface area contributed by atoms with E-state index in [4.69, 9.17) is 10.5 Å². The first-order chi connectivity index (χ1) is 10.7. The lowest BCUT2D eigenvalue weighted by Crippen LogP contribution is -2.29. The number of ether oxygens (including phenoxy) is 1. The minimum absolute atomic E-state index is 0.185. The predicted molar refractivity (Wildman–Crippen MR) is 83.5 cm³/mol. The zero-order valence-corrected chi connectivity index (χ0v) is 12.6. The van der Waals surface area contributed by atoms with Crippen molar-refractivity contribution in [3.05, 3.63) is 53.3 Å². The molecule has 1 saturated carbocycles. The Balaban J connectivity index is 2.22. The molecule has 0 bridgehead atoms. The zero-order chi connectivity index (χ0) is 15.6. The number of nitrogens with two attached hydrogens (primary N) is 1. The topological polar surface area (TPSA) is 78.1 Å². The molecule has 0 unspecified atom stereocenters. The van der Waals surface area contributed by atoms with Crippen molar-refractivity contribution < 1.29 is 9.53 Å². The first-order valence-corrected chi connectivity index (χ1v) is 7.44. The van der Waals surface area contributed by atoms with Crippen LogP contribution in [-0.2, 0) is 10.2 Å². The van der Waals surface area contributed by atoms with Crippen molar-refractivity contribution in [1.29, 1.82) is 0 Å². The summed E-state index contributed by atoms with van der Waals surface area (Å²) in [6, 6.07) is 10.2. The van der Waals surface area contributed by atoms with Crippen LogP contribution in [0.2, 0.25) is 0 Å². The van der Waals surface area contributed by atoms with E-state index >= 15 is 0 Å². The number of nitrogen functional groups attached to an aromatic ring is 1. The quantitative estimate of drug-likeness (QED) is 0.881. The number of benzene rings is 1. The molecule has 1 aromatic heterocycles. The average Bonchev–Trinajstić information content (AvgIpc) is 3.06. The van der Waals surface area contributed by atoms with E-state index in [1.165, 1.54) is 13.3 Å². The van der Waals surface area contributed by atoms with Crippen LogP contribution in [0.15, 0.2) is 36.5 Å². The highest BCUT2D eigenvalue weighted by Crippen LogP contribution is 2.46. The van der Waals surface area contributed by atoms with Gasteiger partial charge in [0.25, 0.3) is 0 Å². The molecule has 3 rings (SSSR count). The van der Waals surface area contributed by atoms with Crippen molar-refractivity contribution in [2.75, 3.05) is 12.8 Å². The summed E-state index contributed by atoms with van der Waals surface area (Å²) < 4.78 is 4.90. The Morgan fingerprint density at radius 3 is 2.55 bits per heavy atom. The maximum atomic E-state index is 12.1. The lowest BCUT2D eigenvalue weighted by molar-refractivity contribution is 0.0596. The smallest absolute Gasteiger partial charge is 0.341 e. The Hall–Kier alpha value is -2.43. The highest BCUT2D eigenvalue weighted by molar-refractivity contribution is 5.91. The molecule has 114 valence electrons. The number of hydrogen-bond acceptors (Lipinski definition) is 5. The second kappa shape index (κ2) is 5.75. The summed E-state index contributed by atoms with van der Waals surface area (Å²) in [5.41, 5.74) is 7.77. The number of aromatic nitrogens is 2. The summed E-state index contributed by atoms with van der Waals surface area (Å²) in [6.07, 6.45) is 5.56. The van der Waals surface area contributed by atoms with Crippen LogP contribution in [0.5, 0.6) is 0 Å². The number of rotatable bonds is 3. The monoisotopic (exact) mass is 297 g/mol. The van der Waals surface area contributed by atoms with Crippen LogP contribution >= 0.6 is 0 Å². The van der Waals surface area contributed by atoms with E-state index in [2.05, 4.69) is 22.1 Å². The van der Waals surface area contributed by atoms with E-state index in [9.17, 15) is 4.79 Å². The molecule has 0 atom stereocenters. The third-order valence-electron chi connectivity index (χ3n) is 4.45. The molecule has 1 fully saturated rings. The average molecular weight is 297 g/mol. The van der Waals surface area contributed by atoms with E-state index in [1.807, 2.05) is 18.2 Å². The zero-order valence-electron chi connectivity index (χ0n) is 12.6. The lowest BCUT2D eigenvalue weighted by atomic mass is 9.74. The Bertz CT molecular complexity index is 680. The summed E-state index contributed by atoms with van der Waals surface area (Å²) in [5.74, 6) is -0.234. The third-order valence-corrected chi connectivity index (χ3v) is 4.45. The number of esters is 1. The van der Waals surface area contributed by atoms with Gasteiger partial charge < -0.3 is 10.5 Å². The van der Waals surface area contributed by atoms with Crippen molar-refractivity contribution in [2.45, 2.75) is 31.1 Å². The highest BCUT2D eigenvalue weighted by Gasteiger charge is 2.41. The fraction of sp³-hybridized carbons (Fsp3) is 0.353. The van der Waals surface area contributed by atoms with Crippen molar-refractivity contribution in [3.63, 3.8) is 0 Å². The van der Waals surface area contributed by atoms with Gasteiger partial charge in [0.2, 0.25) is 5.95 Å². The van der Waals surface area contributed by atoms with Gasteiger partial charge in [-0.1, -0.05) is 43.2 Å². The molecule has 1 heterocycles. The minimum atomic E-state index is -0.419. The van der Waals surface area contributed by atoms with E-state index in [-0.39, 0.29) is 11.4 Å². The second-order valence-corrected chi connectivity index (χ2v) is 5.64. The molecule has 0 spiro atoms. The van der Waals surface area contributed by atoms with Gasteiger partial charge in [-0.15, -0.1) is 0 Å². The number of hydrogen-bond donors (Lipinski definition) is 1. The molecule has 5 nitrogen and oxygen atoms in total. The number of carbonyl (C=O) groups excluding carboxylic acids is 1. The maximum absolute atomic E-state index is 12.1. The molecular formula is C17H19N3O2. The van der Waals surface area contributed by atoms with E-state index < -0.39 is 5.97 Å². The molecule has 0 saturated heterocycles. The summed E-state index contributed by atoms with van der Waals surface area (Å²) >= 11 is 0. The van der Waals surface area contributed by atoms with Crippen LogP contribution in [0.4, 0.5) is 5.95 Å². The van der Waals surface area contributed by atoms with Gasteiger partial charge in [0, 0.05) is 11.6 Å². The normalized spacial score (nSPS) is 16.4. The summed E-state index contributed by atoms with van der Waals surface area (Å²) in [6.45, 7) is 0.